The third kappa shape index (κ3) is 3.50. The molecule has 2 aromatic rings. The third-order valence-electron chi connectivity index (χ3n) is 2.65. The van der Waals surface area contributed by atoms with E-state index in [2.05, 4.69) is 24.2 Å². The fraction of sp³-hybridized carbons (Fsp3) is 0.500. The monoisotopic (exact) mass is 335 g/mol. The predicted molar refractivity (Wildman–Crippen MR) is 74.9 cm³/mol. The Balaban J connectivity index is 2.04. The van der Waals surface area contributed by atoms with Gasteiger partial charge in [-0.1, -0.05) is 0 Å². The van der Waals surface area contributed by atoms with E-state index >= 15 is 0 Å². The largest absolute Gasteiger partial charge is 0.389 e. The number of ether oxygens (including phenoxy) is 1. The van der Waals surface area contributed by atoms with E-state index < -0.39 is 19.3 Å². The van der Waals surface area contributed by atoms with Gasteiger partial charge in [-0.2, -0.15) is 4.98 Å². The van der Waals surface area contributed by atoms with Crippen molar-refractivity contribution in [3.63, 3.8) is 0 Å². The van der Waals surface area contributed by atoms with E-state index in [0.29, 0.717) is 0 Å². The molecule has 0 bridgehead atoms. The van der Waals surface area contributed by atoms with Crippen molar-refractivity contribution in [2.45, 2.75) is 19.6 Å². The van der Waals surface area contributed by atoms with E-state index in [1.165, 1.54) is 17.8 Å². The molecule has 0 aromatic carbocycles. The number of anilines is 1. The van der Waals surface area contributed by atoms with E-state index in [9.17, 15) is 18.6 Å². The van der Waals surface area contributed by atoms with Crippen molar-refractivity contribution < 1.29 is 23.1 Å². The van der Waals surface area contributed by atoms with Gasteiger partial charge in [0, 0.05) is 6.54 Å². The number of nitrogens with one attached hydrogen (secondary N) is 1. The Morgan fingerprint density at radius 1 is 1.64 bits per heavy atom. The van der Waals surface area contributed by atoms with Crippen molar-refractivity contribution in [1.82, 2.24) is 19.5 Å². The highest BCUT2D eigenvalue weighted by atomic mass is 31.2. The maximum absolute atomic E-state index is 13.5. The van der Waals surface area contributed by atoms with Gasteiger partial charge in [-0.15, -0.1) is 0 Å². The first-order valence-corrected chi connectivity index (χ1v) is 7.93. The molecule has 0 saturated carbocycles. The summed E-state index contributed by atoms with van der Waals surface area (Å²) >= 11 is 0. The maximum atomic E-state index is 13.5. The number of nitrogen functional groups attached to an aromatic ring is 1. The summed E-state index contributed by atoms with van der Waals surface area (Å²) in [4.78, 5) is 30.9. The smallest absolute Gasteiger partial charge is 0.369 e. The van der Waals surface area contributed by atoms with Crippen molar-refractivity contribution in [2.24, 2.45) is 0 Å². The molecule has 0 aliphatic rings. The topological polar surface area (TPSA) is 145 Å². The van der Waals surface area contributed by atoms with Crippen molar-refractivity contribution in [3.8, 4) is 0 Å². The van der Waals surface area contributed by atoms with Gasteiger partial charge in [-0.05, 0) is 6.92 Å². The first-order valence-electron chi connectivity index (χ1n) is 6.28. The molecule has 10 nitrogen and oxygen atoms in total. The Kier molecular flexibility index (Phi) is 4.91. The third-order valence-corrected chi connectivity index (χ3v) is 3.94. The Bertz CT molecular complexity index is 762. The van der Waals surface area contributed by atoms with E-state index in [1.807, 2.05) is 0 Å². The normalized spacial score (nSPS) is 15.8. The molecule has 0 aliphatic heterocycles. The number of rotatable bonds is 7. The first kappa shape index (κ1) is 16.6. The predicted octanol–water partition coefficient (Wildman–Crippen LogP) is 0.193. The van der Waals surface area contributed by atoms with Crippen molar-refractivity contribution in [3.05, 3.63) is 16.7 Å². The standard InChI is InChI=1S/C10H15FN5O5P/c1-2-21-22(18,19)9(11)20-4-3-16-5-13-6-7(16)14-10(12)15-8(6)17/h5,9H,2-4H2,1H3,(H,18,19)(H3,12,14,15,17). The van der Waals surface area contributed by atoms with Crippen LogP contribution in [-0.2, 0) is 20.4 Å². The van der Waals surface area contributed by atoms with Crippen LogP contribution < -0.4 is 11.3 Å². The van der Waals surface area contributed by atoms with Crippen LogP contribution in [0.1, 0.15) is 6.92 Å². The van der Waals surface area contributed by atoms with Crippen LogP contribution in [0.3, 0.4) is 0 Å². The van der Waals surface area contributed by atoms with Gasteiger partial charge in [-0.25, -0.2) is 9.37 Å². The number of hydrogen-bond donors (Lipinski definition) is 3. The summed E-state index contributed by atoms with van der Waals surface area (Å²) in [7, 11) is -4.46. The van der Waals surface area contributed by atoms with Gasteiger partial charge in [0.1, 0.15) is 0 Å². The minimum absolute atomic E-state index is 0.0545. The van der Waals surface area contributed by atoms with E-state index in [1.54, 1.807) is 0 Å². The second-order valence-electron chi connectivity index (χ2n) is 4.21. The summed E-state index contributed by atoms with van der Waals surface area (Å²) in [6.45, 7) is 1.15. The number of imidazole rings is 1. The average molecular weight is 335 g/mol. The lowest BCUT2D eigenvalue weighted by Crippen LogP contribution is -2.15. The number of H-pyrrole nitrogens is 1. The van der Waals surface area contributed by atoms with Crippen LogP contribution >= 0.6 is 7.60 Å². The van der Waals surface area contributed by atoms with Crippen LogP contribution in [0.4, 0.5) is 10.3 Å². The molecule has 0 saturated heterocycles. The van der Waals surface area contributed by atoms with Gasteiger partial charge in [-0.3, -0.25) is 14.3 Å². The van der Waals surface area contributed by atoms with Crippen LogP contribution in [0.2, 0.25) is 0 Å². The summed E-state index contributed by atoms with van der Waals surface area (Å²) in [5.41, 5.74) is 5.22. The highest BCUT2D eigenvalue weighted by Crippen LogP contribution is 2.48. The molecule has 0 aliphatic carbocycles. The first-order chi connectivity index (χ1) is 10.3. The molecule has 4 N–H and O–H groups in total. The summed E-state index contributed by atoms with van der Waals surface area (Å²) in [5.74, 6) is -0.0836. The van der Waals surface area contributed by atoms with Crippen LogP contribution in [-0.4, -0.2) is 43.7 Å². The fourth-order valence-electron chi connectivity index (χ4n) is 1.72. The molecule has 22 heavy (non-hydrogen) atoms. The minimum atomic E-state index is -4.46. The van der Waals surface area contributed by atoms with Crippen LogP contribution in [0.25, 0.3) is 11.2 Å². The SMILES string of the molecule is CCOP(=O)(O)C(F)OCCn1cnc2c(=O)[nH]c(N)nc21. The number of halogens is 1. The van der Waals surface area contributed by atoms with Crippen LogP contribution in [0, 0.1) is 0 Å². The highest BCUT2D eigenvalue weighted by molar-refractivity contribution is 7.53. The molecule has 12 heteroatoms. The Labute approximate surface area is 123 Å². The number of hydrogen-bond acceptors (Lipinski definition) is 7. The molecule has 122 valence electrons. The number of nitrogens with zero attached hydrogens (tertiary/aromatic N) is 3. The fourth-order valence-corrected chi connectivity index (χ4v) is 2.50. The van der Waals surface area contributed by atoms with E-state index in [-0.39, 0.29) is 36.9 Å². The molecule has 0 radical (unpaired) electrons. The number of fused-ring (bicyclic) bond motifs is 1. The number of aromatic nitrogens is 4. The molecule has 2 rings (SSSR count). The van der Waals surface area contributed by atoms with Gasteiger partial charge in [0.2, 0.25) is 5.95 Å². The van der Waals surface area contributed by atoms with E-state index in [4.69, 9.17) is 5.73 Å². The van der Waals surface area contributed by atoms with E-state index in [0.717, 1.165) is 0 Å². The Hall–Kier alpha value is -1.81. The molecule has 2 heterocycles. The van der Waals surface area contributed by atoms with Crippen LogP contribution in [0.15, 0.2) is 11.1 Å². The molecule has 0 amide bonds. The van der Waals surface area contributed by atoms with Gasteiger partial charge in [0.05, 0.1) is 19.5 Å². The summed E-state index contributed by atoms with van der Waals surface area (Å²) in [6.07, 6.45) is -1.15. The van der Waals surface area contributed by atoms with Gasteiger partial charge in [0.25, 0.3) is 5.56 Å². The van der Waals surface area contributed by atoms with Gasteiger partial charge in [0.15, 0.2) is 11.2 Å². The van der Waals surface area contributed by atoms with Gasteiger partial charge < -0.3 is 24.5 Å². The number of aromatic amines is 1. The zero-order valence-corrected chi connectivity index (χ0v) is 12.5. The lowest BCUT2D eigenvalue weighted by molar-refractivity contribution is -0.00444. The van der Waals surface area contributed by atoms with Crippen molar-refractivity contribution in [2.75, 3.05) is 18.9 Å². The molecule has 2 atom stereocenters. The maximum Gasteiger partial charge on any atom is 0.389 e. The molecule has 0 fully saturated rings. The average Bonchev–Trinajstić information content (AvgIpc) is 2.82. The molecule has 2 aromatic heterocycles. The highest BCUT2D eigenvalue weighted by Gasteiger charge is 2.33. The van der Waals surface area contributed by atoms with Crippen molar-refractivity contribution in [1.29, 1.82) is 0 Å². The Morgan fingerprint density at radius 2 is 2.36 bits per heavy atom. The molecular formula is C10H15FN5O5P. The lowest BCUT2D eigenvalue weighted by atomic mass is 10.5. The van der Waals surface area contributed by atoms with Crippen molar-refractivity contribution >= 4 is 24.7 Å². The number of alkyl halides is 1. The lowest BCUT2D eigenvalue weighted by Gasteiger charge is -2.15. The molecule has 0 spiro atoms. The second-order valence-corrected chi connectivity index (χ2v) is 6.00. The minimum Gasteiger partial charge on any atom is -0.369 e. The molecular weight excluding hydrogens is 320 g/mol. The molecule has 2 unspecified atom stereocenters. The second kappa shape index (κ2) is 6.53. The zero-order chi connectivity index (χ0) is 16.3. The Morgan fingerprint density at radius 3 is 3.05 bits per heavy atom. The zero-order valence-electron chi connectivity index (χ0n) is 11.6. The van der Waals surface area contributed by atoms with Gasteiger partial charge >= 0.3 is 13.7 Å². The summed E-state index contributed by atoms with van der Waals surface area (Å²) in [6, 6.07) is 0. The number of nitrogens with two attached hydrogens (primary N) is 1. The quantitative estimate of drug-likeness (QED) is 0.608. The summed E-state index contributed by atoms with van der Waals surface area (Å²) in [5, 5.41) is 0. The van der Waals surface area contributed by atoms with Crippen LogP contribution in [0.5, 0.6) is 0 Å². The summed E-state index contributed by atoms with van der Waals surface area (Å²) < 4.78 is 35.3.